The minimum atomic E-state index is -0.333. The molecule has 2 aromatic carbocycles. The van der Waals surface area contributed by atoms with Crippen molar-refractivity contribution >= 4 is 27.5 Å². The van der Waals surface area contributed by atoms with Gasteiger partial charge in [-0.2, -0.15) is 0 Å². The lowest BCUT2D eigenvalue weighted by atomic mass is 10.1. The third-order valence-corrected chi connectivity index (χ3v) is 3.39. The molecule has 0 fully saturated rings. The molecular formula is C15H14BrFN2O. The van der Waals surface area contributed by atoms with Gasteiger partial charge in [-0.3, -0.25) is 4.79 Å². The molecule has 0 aromatic heterocycles. The quantitative estimate of drug-likeness (QED) is 0.872. The van der Waals surface area contributed by atoms with Gasteiger partial charge in [0.2, 0.25) is 0 Å². The topological polar surface area (TPSA) is 46.3 Å². The number of amides is 1. The van der Waals surface area contributed by atoms with Gasteiger partial charge < -0.3 is 10.6 Å². The van der Waals surface area contributed by atoms with Gasteiger partial charge in [0.25, 0.3) is 5.91 Å². The Morgan fingerprint density at radius 2 is 2.05 bits per heavy atom. The lowest BCUT2D eigenvalue weighted by Gasteiger charge is -2.18. The van der Waals surface area contributed by atoms with Crippen LogP contribution in [0.3, 0.4) is 0 Å². The standard InChI is InChI=1S/C15H14BrFN2O/c1-19(9-11-7-12(16)5-6-14(11)17)15(20)10-3-2-4-13(18)8-10/h2-8H,9,18H2,1H3. The van der Waals surface area contributed by atoms with Gasteiger partial charge in [0.1, 0.15) is 5.82 Å². The first kappa shape index (κ1) is 14.5. The van der Waals surface area contributed by atoms with Crippen LogP contribution < -0.4 is 5.73 Å². The highest BCUT2D eigenvalue weighted by atomic mass is 79.9. The number of hydrogen-bond donors (Lipinski definition) is 1. The molecule has 0 saturated carbocycles. The minimum absolute atomic E-state index is 0.193. The molecule has 5 heteroatoms. The van der Waals surface area contributed by atoms with Crippen LogP contribution in [0.25, 0.3) is 0 Å². The Bertz CT molecular complexity index is 646. The van der Waals surface area contributed by atoms with Gasteiger partial charge in [-0.25, -0.2) is 4.39 Å². The minimum Gasteiger partial charge on any atom is -0.399 e. The average molecular weight is 337 g/mol. The van der Waals surface area contributed by atoms with Crippen molar-refractivity contribution in [2.24, 2.45) is 0 Å². The van der Waals surface area contributed by atoms with E-state index in [1.165, 1.54) is 11.0 Å². The Labute approximate surface area is 125 Å². The van der Waals surface area contributed by atoms with Crippen molar-refractivity contribution in [2.45, 2.75) is 6.54 Å². The molecule has 0 radical (unpaired) electrons. The molecule has 0 unspecified atom stereocenters. The number of nitrogens with zero attached hydrogens (tertiary/aromatic N) is 1. The lowest BCUT2D eigenvalue weighted by Crippen LogP contribution is -2.26. The van der Waals surface area contributed by atoms with Crippen LogP contribution in [0.4, 0.5) is 10.1 Å². The molecule has 2 N–H and O–H groups in total. The molecule has 3 nitrogen and oxygen atoms in total. The van der Waals surface area contributed by atoms with Crippen LogP contribution in [0.5, 0.6) is 0 Å². The number of nitrogens with two attached hydrogens (primary N) is 1. The molecule has 0 spiro atoms. The molecule has 2 rings (SSSR count). The molecule has 0 heterocycles. The highest BCUT2D eigenvalue weighted by Gasteiger charge is 2.14. The van der Waals surface area contributed by atoms with E-state index in [9.17, 15) is 9.18 Å². The summed E-state index contributed by atoms with van der Waals surface area (Å²) in [7, 11) is 1.63. The van der Waals surface area contributed by atoms with E-state index in [-0.39, 0.29) is 18.3 Å². The maximum Gasteiger partial charge on any atom is 0.253 e. The number of carbonyl (C=O) groups is 1. The summed E-state index contributed by atoms with van der Waals surface area (Å²) in [5, 5.41) is 0. The normalized spacial score (nSPS) is 10.3. The number of carbonyl (C=O) groups excluding carboxylic acids is 1. The summed E-state index contributed by atoms with van der Waals surface area (Å²) in [6.07, 6.45) is 0. The van der Waals surface area contributed by atoms with Crippen molar-refractivity contribution in [3.8, 4) is 0 Å². The average Bonchev–Trinajstić information content (AvgIpc) is 2.42. The van der Waals surface area contributed by atoms with E-state index in [2.05, 4.69) is 15.9 Å². The zero-order valence-electron chi connectivity index (χ0n) is 10.9. The first-order valence-electron chi connectivity index (χ1n) is 6.02. The van der Waals surface area contributed by atoms with Crippen LogP contribution >= 0.6 is 15.9 Å². The Hall–Kier alpha value is -1.88. The van der Waals surface area contributed by atoms with Gasteiger partial charge >= 0.3 is 0 Å². The Kier molecular flexibility index (Phi) is 4.39. The SMILES string of the molecule is CN(Cc1cc(Br)ccc1F)C(=O)c1cccc(N)c1. The molecular weight excluding hydrogens is 323 g/mol. The fraction of sp³-hybridized carbons (Fsp3) is 0.133. The van der Waals surface area contributed by atoms with Gasteiger partial charge in [0.15, 0.2) is 0 Å². The second kappa shape index (κ2) is 6.05. The van der Waals surface area contributed by atoms with E-state index in [0.717, 1.165) is 4.47 Å². The second-order valence-corrected chi connectivity index (χ2v) is 5.44. The fourth-order valence-corrected chi connectivity index (χ4v) is 2.29. The van der Waals surface area contributed by atoms with Crippen LogP contribution in [-0.2, 0) is 6.54 Å². The smallest absolute Gasteiger partial charge is 0.253 e. The number of hydrogen-bond acceptors (Lipinski definition) is 2. The first-order valence-corrected chi connectivity index (χ1v) is 6.81. The number of rotatable bonds is 3. The van der Waals surface area contributed by atoms with E-state index in [1.54, 1.807) is 43.4 Å². The van der Waals surface area contributed by atoms with Crippen LogP contribution in [-0.4, -0.2) is 17.9 Å². The summed E-state index contributed by atoms with van der Waals surface area (Å²) >= 11 is 3.29. The molecule has 1 amide bonds. The number of halogens is 2. The van der Waals surface area contributed by atoms with Crippen LogP contribution in [0.1, 0.15) is 15.9 Å². The third-order valence-electron chi connectivity index (χ3n) is 2.90. The van der Waals surface area contributed by atoms with Crippen LogP contribution in [0, 0.1) is 5.82 Å². The van der Waals surface area contributed by atoms with Crippen molar-refractivity contribution < 1.29 is 9.18 Å². The van der Waals surface area contributed by atoms with E-state index in [4.69, 9.17) is 5.73 Å². The Balaban J connectivity index is 2.17. The van der Waals surface area contributed by atoms with Crippen LogP contribution in [0.2, 0.25) is 0 Å². The lowest BCUT2D eigenvalue weighted by molar-refractivity contribution is 0.0784. The molecule has 2 aromatic rings. The summed E-state index contributed by atoms with van der Waals surface area (Å²) in [6, 6.07) is 11.4. The molecule has 20 heavy (non-hydrogen) atoms. The van der Waals surface area contributed by atoms with Crippen molar-refractivity contribution in [1.29, 1.82) is 0 Å². The van der Waals surface area contributed by atoms with E-state index in [0.29, 0.717) is 16.8 Å². The summed E-state index contributed by atoms with van der Waals surface area (Å²) in [6.45, 7) is 0.193. The highest BCUT2D eigenvalue weighted by Crippen LogP contribution is 2.18. The molecule has 0 aliphatic carbocycles. The van der Waals surface area contributed by atoms with Gasteiger partial charge in [0, 0.05) is 34.9 Å². The van der Waals surface area contributed by atoms with Gasteiger partial charge in [-0.1, -0.05) is 22.0 Å². The fourth-order valence-electron chi connectivity index (χ4n) is 1.88. The zero-order valence-corrected chi connectivity index (χ0v) is 12.5. The second-order valence-electron chi connectivity index (χ2n) is 4.52. The van der Waals surface area contributed by atoms with Crippen molar-refractivity contribution in [3.05, 3.63) is 63.9 Å². The predicted molar refractivity (Wildman–Crippen MR) is 80.8 cm³/mol. The summed E-state index contributed by atoms with van der Waals surface area (Å²) in [5.41, 5.74) is 7.13. The first-order chi connectivity index (χ1) is 9.47. The number of nitrogen functional groups attached to an aromatic ring is 1. The zero-order chi connectivity index (χ0) is 14.7. The number of anilines is 1. The third kappa shape index (κ3) is 3.36. The van der Waals surface area contributed by atoms with Crippen LogP contribution in [0.15, 0.2) is 46.9 Å². The predicted octanol–water partition coefficient (Wildman–Crippen LogP) is 3.44. The van der Waals surface area contributed by atoms with Gasteiger partial charge in [-0.15, -0.1) is 0 Å². The molecule has 0 saturated heterocycles. The Morgan fingerprint density at radius 3 is 2.75 bits per heavy atom. The van der Waals surface area contributed by atoms with Crippen molar-refractivity contribution in [3.63, 3.8) is 0 Å². The summed E-state index contributed by atoms with van der Waals surface area (Å²) in [5.74, 6) is -0.530. The summed E-state index contributed by atoms with van der Waals surface area (Å²) in [4.78, 5) is 13.7. The maximum atomic E-state index is 13.7. The molecule has 0 bridgehead atoms. The monoisotopic (exact) mass is 336 g/mol. The summed E-state index contributed by atoms with van der Waals surface area (Å²) < 4.78 is 14.5. The van der Waals surface area contributed by atoms with E-state index >= 15 is 0 Å². The molecule has 104 valence electrons. The number of benzene rings is 2. The molecule has 0 atom stereocenters. The van der Waals surface area contributed by atoms with Crippen molar-refractivity contribution in [2.75, 3.05) is 12.8 Å². The molecule has 0 aliphatic rings. The Morgan fingerprint density at radius 1 is 1.30 bits per heavy atom. The van der Waals surface area contributed by atoms with Crippen molar-refractivity contribution in [1.82, 2.24) is 4.90 Å². The maximum absolute atomic E-state index is 13.7. The van der Waals surface area contributed by atoms with E-state index < -0.39 is 0 Å². The highest BCUT2D eigenvalue weighted by molar-refractivity contribution is 9.10. The largest absolute Gasteiger partial charge is 0.399 e. The van der Waals surface area contributed by atoms with E-state index in [1.807, 2.05) is 0 Å². The van der Waals surface area contributed by atoms with Gasteiger partial charge in [-0.05, 0) is 36.4 Å². The van der Waals surface area contributed by atoms with Gasteiger partial charge in [0.05, 0.1) is 0 Å². The molecule has 0 aliphatic heterocycles.